The van der Waals surface area contributed by atoms with Gasteiger partial charge in [0, 0.05) is 11.1 Å². The Morgan fingerprint density at radius 3 is 2.92 bits per heavy atom. The number of aryl methyl sites for hydroxylation is 2. The Hall–Kier alpha value is -2.19. The zero-order valence-corrected chi connectivity index (χ0v) is 16.1. The van der Waals surface area contributed by atoms with E-state index in [-0.39, 0.29) is 5.82 Å². The number of amides is 1. The van der Waals surface area contributed by atoms with Crippen LogP contribution in [-0.2, 0) is 24.9 Å². The monoisotopic (exact) mass is 423 g/mol. The number of nitrogens with zero attached hydrogens (tertiary/aromatic N) is 5. The minimum atomic E-state index is 0.195. The molecule has 25 heavy (non-hydrogen) atoms. The van der Waals surface area contributed by atoms with Crippen molar-refractivity contribution in [3.63, 3.8) is 0 Å². The molecule has 0 aliphatic carbocycles. The van der Waals surface area contributed by atoms with Crippen LogP contribution in [0.2, 0.25) is 5.02 Å². The molecule has 9 heteroatoms. The van der Waals surface area contributed by atoms with E-state index in [2.05, 4.69) is 30.5 Å². The van der Waals surface area contributed by atoms with E-state index in [4.69, 9.17) is 17.3 Å². The van der Waals surface area contributed by atoms with Crippen molar-refractivity contribution < 1.29 is 9.36 Å². The highest BCUT2D eigenvalue weighted by atomic mass is 79.9. The summed E-state index contributed by atoms with van der Waals surface area (Å²) >= 11 is 9.41. The summed E-state index contributed by atoms with van der Waals surface area (Å²) in [7, 11) is 1.96. The van der Waals surface area contributed by atoms with E-state index in [0.29, 0.717) is 28.4 Å². The second kappa shape index (κ2) is 6.97. The van der Waals surface area contributed by atoms with Crippen LogP contribution in [0.25, 0.3) is 11.0 Å². The second-order valence-electron chi connectivity index (χ2n) is 5.49. The fourth-order valence-corrected chi connectivity index (χ4v) is 3.33. The summed E-state index contributed by atoms with van der Waals surface area (Å²) in [6.07, 6.45) is 2.20. The highest BCUT2D eigenvalue weighted by molar-refractivity contribution is 9.10. The van der Waals surface area contributed by atoms with Gasteiger partial charge in [-0.1, -0.05) is 11.6 Å². The topological polar surface area (TPSA) is 80.9 Å². The molecular formula is C16H17BrClN6O+. The molecule has 0 saturated carbocycles. The Labute approximate surface area is 158 Å². The van der Waals surface area contributed by atoms with Crippen LogP contribution < -0.4 is 15.2 Å². The van der Waals surface area contributed by atoms with Gasteiger partial charge in [0.2, 0.25) is 6.41 Å². The molecule has 0 saturated heterocycles. The van der Waals surface area contributed by atoms with E-state index < -0.39 is 0 Å². The molecule has 0 bridgehead atoms. The first-order valence-electron chi connectivity index (χ1n) is 7.62. The van der Waals surface area contributed by atoms with Crippen LogP contribution in [-0.4, -0.2) is 20.9 Å². The molecule has 2 N–H and O–H groups in total. The standard InChI is InChI=1S/C16H17BrClN6O/c1-3-24-12-6-10(18)4-5-11(12)22(2)14(24)8-23(9-25)16-15(19)20-7-13(17)21-16/h4-7,9H,3,8H2,1-2H3,(H2,19,20)/q+1. The summed E-state index contributed by atoms with van der Waals surface area (Å²) in [5, 5.41) is 0.668. The zero-order valence-electron chi connectivity index (χ0n) is 13.8. The second-order valence-corrected chi connectivity index (χ2v) is 6.74. The molecule has 1 amide bonds. The number of benzene rings is 1. The average Bonchev–Trinajstić information content (AvgIpc) is 2.85. The molecule has 7 nitrogen and oxygen atoms in total. The lowest BCUT2D eigenvalue weighted by molar-refractivity contribution is -0.653. The minimum Gasteiger partial charge on any atom is -0.381 e. The zero-order chi connectivity index (χ0) is 18.1. The largest absolute Gasteiger partial charge is 0.381 e. The number of halogens is 2. The van der Waals surface area contributed by atoms with Gasteiger partial charge in [-0.05, 0) is 35.0 Å². The lowest BCUT2D eigenvalue weighted by Crippen LogP contribution is -2.38. The van der Waals surface area contributed by atoms with Crippen molar-refractivity contribution >= 4 is 56.6 Å². The molecule has 0 unspecified atom stereocenters. The quantitative estimate of drug-likeness (QED) is 0.504. The number of imidazole rings is 1. The van der Waals surface area contributed by atoms with Crippen LogP contribution in [0.4, 0.5) is 11.6 Å². The summed E-state index contributed by atoms with van der Waals surface area (Å²) in [4.78, 5) is 21.5. The Morgan fingerprint density at radius 2 is 2.24 bits per heavy atom. The normalized spacial score (nSPS) is 11.0. The smallest absolute Gasteiger partial charge is 0.277 e. The van der Waals surface area contributed by atoms with Crippen LogP contribution in [0.5, 0.6) is 0 Å². The van der Waals surface area contributed by atoms with Crippen LogP contribution in [0, 0.1) is 0 Å². The van der Waals surface area contributed by atoms with Gasteiger partial charge >= 0.3 is 0 Å². The molecule has 0 spiro atoms. The predicted octanol–water partition coefficient (Wildman–Crippen LogP) is 2.44. The molecule has 0 aliphatic rings. The molecule has 130 valence electrons. The van der Waals surface area contributed by atoms with Gasteiger partial charge in [0.15, 0.2) is 22.7 Å². The number of fused-ring (bicyclic) bond motifs is 1. The average molecular weight is 425 g/mol. The first-order valence-corrected chi connectivity index (χ1v) is 8.80. The first kappa shape index (κ1) is 17.6. The molecule has 2 heterocycles. The van der Waals surface area contributed by atoms with Gasteiger partial charge in [0.1, 0.15) is 11.1 Å². The fourth-order valence-electron chi connectivity index (χ4n) is 2.89. The van der Waals surface area contributed by atoms with Crippen molar-refractivity contribution in [2.75, 3.05) is 10.6 Å². The Morgan fingerprint density at radius 1 is 1.48 bits per heavy atom. The molecule has 2 aromatic heterocycles. The number of nitrogens with two attached hydrogens (primary N) is 1. The lowest BCUT2D eigenvalue weighted by Gasteiger charge is -2.16. The third kappa shape index (κ3) is 3.19. The van der Waals surface area contributed by atoms with Gasteiger partial charge in [0.05, 0.1) is 19.8 Å². The molecule has 0 fully saturated rings. The number of carbonyl (C=O) groups excluding carboxylic acids is 1. The maximum Gasteiger partial charge on any atom is 0.277 e. The summed E-state index contributed by atoms with van der Waals surface area (Å²) in [6.45, 7) is 3.08. The summed E-state index contributed by atoms with van der Waals surface area (Å²) in [6, 6.07) is 5.73. The minimum absolute atomic E-state index is 0.195. The molecule has 0 radical (unpaired) electrons. The molecule has 3 aromatic rings. The van der Waals surface area contributed by atoms with Crippen molar-refractivity contribution in [1.29, 1.82) is 0 Å². The number of hydrogen-bond donors (Lipinski definition) is 1. The Balaban J connectivity index is 2.11. The molecule has 3 rings (SSSR count). The van der Waals surface area contributed by atoms with Crippen molar-refractivity contribution in [3.05, 3.63) is 39.8 Å². The van der Waals surface area contributed by atoms with Gasteiger partial charge in [-0.15, -0.1) is 0 Å². The van der Waals surface area contributed by atoms with Crippen LogP contribution in [0.3, 0.4) is 0 Å². The van der Waals surface area contributed by atoms with E-state index >= 15 is 0 Å². The lowest BCUT2D eigenvalue weighted by atomic mass is 10.3. The van der Waals surface area contributed by atoms with Crippen molar-refractivity contribution in [2.45, 2.75) is 20.0 Å². The number of rotatable bonds is 5. The summed E-state index contributed by atoms with van der Waals surface area (Å²) in [5.74, 6) is 1.43. The third-order valence-corrected chi connectivity index (χ3v) is 4.68. The van der Waals surface area contributed by atoms with Gasteiger partial charge < -0.3 is 5.73 Å². The third-order valence-electron chi connectivity index (χ3n) is 4.07. The molecular weight excluding hydrogens is 408 g/mol. The van der Waals surface area contributed by atoms with E-state index in [1.165, 1.54) is 11.1 Å². The van der Waals surface area contributed by atoms with Crippen LogP contribution in [0.15, 0.2) is 29.0 Å². The van der Waals surface area contributed by atoms with Gasteiger partial charge in [-0.25, -0.2) is 19.1 Å². The van der Waals surface area contributed by atoms with Crippen LogP contribution in [0.1, 0.15) is 12.7 Å². The van der Waals surface area contributed by atoms with E-state index in [1.54, 1.807) is 0 Å². The highest BCUT2D eigenvalue weighted by Crippen LogP contribution is 2.23. The molecule has 1 aromatic carbocycles. The molecule has 0 aliphatic heterocycles. The van der Waals surface area contributed by atoms with Crippen molar-refractivity contribution in [2.24, 2.45) is 7.05 Å². The van der Waals surface area contributed by atoms with Crippen molar-refractivity contribution in [1.82, 2.24) is 14.5 Å². The number of hydrogen-bond acceptors (Lipinski definition) is 4. The van der Waals surface area contributed by atoms with Gasteiger partial charge in [-0.3, -0.25) is 9.69 Å². The van der Waals surface area contributed by atoms with Crippen LogP contribution >= 0.6 is 27.5 Å². The highest BCUT2D eigenvalue weighted by Gasteiger charge is 2.25. The van der Waals surface area contributed by atoms with Gasteiger partial charge in [-0.2, -0.15) is 0 Å². The summed E-state index contributed by atoms with van der Waals surface area (Å²) < 4.78 is 4.66. The molecule has 0 atom stereocenters. The number of carbonyl (C=O) groups is 1. The van der Waals surface area contributed by atoms with E-state index in [9.17, 15) is 4.79 Å². The maximum absolute atomic E-state index is 11.7. The first-order chi connectivity index (χ1) is 12.0. The number of anilines is 2. The van der Waals surface area contributed by atoms with E-state index in [0.717, 1.165) is 23.4 Å². The SMILES string of the molecule is CCn1c(CN(C=O)c2nc(Br)cnc2N)[n+](C)c2ccc(Cl)cc21. The van der Waals surface area contributed by atoms with Gasteiger partial charge in [0.25, 0.3) is 5.82 Å². The predicted molar refractivity (Wildman–Crippen MR) is 100 cm³/mol. The van der Waals surface area contributed by atoms with E-state index in [1.807, 2.05) is 36.7 Å². The number of nitrogen functional groups attached to an aromatic ring is 1. The Kier molecular flexibility index (Phi) is 4.91. The van der Waals surface area contributed by atoms with Crippen molar-refractivity contribution in [3.8, 4) is 0 Å². The number of aromatic nitrogens is 4. The summed E-state index contributed by atoms with van der Waals surface area (Å²) in [5.41, 5.74) is 7.93. The fraction of sp³-hybridized carbons (Fsp3) is 0.250. The maximum atomic E-state index is 11.7. The Bertz CT molecular complexity index is 957.